The van der Waals surface area contributed by atoms with Gasteiger partial charge in [0.15, 0.2) is 0 Å². The van der Waals surface area contributed by atoms with Crippen molar-refractivity contribution >= 4 is 39.3 Å². The number of rotatable bonds is 8. The van der Waals surface area contributed by atoms with Crippen LogP contribution < -0.4 is 5.32 Å². The monoisotopic (exact) mass is 519 g/mol. The zero-order valence-electron chi connectivity index (χ0n) is 20.2. The highest BCUT2D eigenvalue weighted by Crippen LogP contribution is 2.30. The number of nitrogens with zero attached hydrogens (tertiary/aromatic N) is 2. The number of halogens is 1. The zero-order valence-corrected chi connectivity index (χ0v) is 21.8. The molecule has 8 nitrogen and oxygen atoms in total. The Bertz CT molecular complexity index is 1220. The summed E-state index contributed by atoms with van der Waals surface area (Å²) < 4.78 is 26.3. The summed E-state index contributed by atoms with van der Waals surface area (Å²) in [6, 6.07) is 12.3. The van der Waals surface area contributed by atoms with E-state index in [-0.39, 0.29) is 48.2 Å². The fourth-order valence-electron chi connectivity index (χ4n) is 3.81. The van der Waals surface area contributed by atoms with Crippen LogP contribution in [0.1, 0.15) is 56.5 Å². The molecule has 0 saturated heterocycles. The van der Waals surface area contributed by atoms with Gasteiger partial charge in [0.1, 0.15) is 10.9 Å². The molecule has 0 saturated carbocycles. The quantitative estimate of drug-likeness (QED) is 0.574. The highest BCUT2D eigenvalue weighted by Gasteiger charge is 2.40. The van der Waals surface area contributed by atoms with Crippen LogP contribution in [0.2, 0.25) is 5.02 Å². The van der Waals surface area contributed by atoms with Gasteiger partial charge in [-0.1, -0.05) is 35.9 Å². The molecule has 1 aliphatic rings. The van der Waals surface area contributed by atoms with Crippen LogP contribution in [0.15, 0.2) is 53.4 Å². The maximum Gasteiger partial charge on any atom is 0.269 e. The Balaban J connectivity index is 1.72. The Kier molecular flexibility index (Phi) is 7.91. The van der Waals surface area contributed by atoms with Gasteiger partial charge in [-0.3, -0.25) is 14.4 Å². The van der Waals surface area contributed by atoms with E-state index in [2.05, 4.69) is 5.32 Å². The lowest BCUT2D eigenvalue weighted by atomic mass is 10.1. The van der Waals surface area contributed by atoms with Gasteiger partial charge < -0.3 is 10.2 Å². The maximum atomic E-state index is 13.2. The van der Waals surface area contributed by atoms with Crippen molar-refractivity contribution < 1.29 is 22.8 Å². The molecule has 3 rings (SSSR count). The molecular formula is C25H30ClN3O5S. The second-order valence-corrected chi connectivity index (χ2v) is 11.8. The number of carbonyl (C=O) groups is 3. The van der Waals surface area contributed by atoms with Gasteiger partial charge in [-0.2, -0.15) is 0 Å². The topological polar surface area (TPSA) is 104 Å². The fraction of sp³-hybridized carbons (Fsp3) is 0.400. The molecule has 1 atom stereocenters. The number of sulfonamides is 1. The number of hydrogen-bond donors (Lipinski definition) is 1. The predicted molar refractivity (Wildman–Crippen MR) is 133 cm³/mol. The van der Waals surface area contributed by atoms with Crippen molar-refractivity contribution in [3.63, 3.8) is 0 Å². The van der Waals surface area contributed by atoms with E-state index in [1.807, 2.05) is 20.8 Å². The van der Waals surface area contributed by atoms with Crippen LogP contribution in [0.4, 0.5) is 0 Å². The van der Waals surface area contributed by atoms with E-state index in [9.17, 15) is 22.8 Å². The summed E-state index contributed by atoms with van der Waals surface area (Å²) in [6.45, 7) is 7.28. The van der Waals surface area contributed by atoms with E-state index in [1.165, 1.54) is 17.0 Å². The normalized spacial score (nSPS) is 15.5. The van der Waals surface area contributed by atoms with Crippen LogP contribution in [-0.2, 0) is 26.2 Å². The molecule has 0 spiro atoms. The van der Waals surface area contributed by atoms with Crippen molar-refractivity contribution in [3.05, 3.63) is 64.7 Å². The lowest BCUT2D eigenvalue weighted by molar-refractivity contribution is -0.141. The molecule has 0 aromatic heterocycles. The Morgan fingerprint density at radius 3 is 2.31 bits per heavy atom. The van der Waals surface area contributed by atoms with Crippen LogP contribution >= 0.6 is 11.6 Å². The lowest BCUT2D eigenvalue weighted by Gasteiger charge is -2.31. The Morgan fingerprint density at radius 1 is 1.09 bits per heavy atom. The van der Waals surface area contributed by atoms with Crippen LogP contribution in [-0.4, -0.2) is 53.5 Å². The van der Waals surface area contributed by atoms with Gasteiger partial charge in [0.2, 0.25) is 11.8 Å². The summed E-state index contributed by atoms with van der Waals surface area (Å²) in [5.41, 5.74) is 0.460. The number of nitrogens with one attached hydrogen (secondary N) is 1. The van der Waals surface area contributed by atoms with Gasteiger partial charge >= 0.3 is 0 Å². The second-order valence-electron chi connectivity index (χ2n) is 9.55. The average molecular weight is 520 g/mol. The molecule has 2 aromatic carbocycles. The smallest absolute Gasteiger partial charge is 0.269 e. The van der Waals surface area contributed by atoms with Gasteiger partial charge in [-0.25, -0.2) is 12.7 Å². The van der Waals surface area contributed by atoms with Crippen molar-refractivity contribution in [3.8, 4) is 0 Å². The SMILES string of the molecule is C[C@H](C(=O)NC(C)(C)C)N(Cc1ccc(Cl)cc1)C(=O)CCCN1C(=O)c2ccccc2S1(=O)=O. The third kappa shape index (κ3) is 6.21. The summed E-state index contributed by atoms with van der Waals surface area (Å²) in [4.78, 5) is 40.1. The van der Waals surface area contributed by atoms with E-state index < -0.39 is 27.5 Å². The predicted octanol–water partition coefficient (Wildman–Crippen LogP) is 3.60. The van der Waals surface area contributed by atoms with Gasteiger partial charge in [-0.05, 0) is 63.9 Å². The molecular weight excluding hydrogens is 490 g/mol. The van der Waals surface area contributed by atoms with Gasteiger partial charge in [0, 0.05) is 30.1 Å². The van der Waals surface area contributed by atoms with E-state index >= 15 is 0 Å². The van der Waals surface area contributed by atoms with Gasteiger partial charge in [0.05, 0.1) is 5.56 Å². The molecule has 10 heteroatoms. The van der Waals surface area contributed by atoms with Gasteiger partial charge in [-0.15, -0.1) is 0 Å². The van der Waals surface area contributed by atoms with E-state index in [0.717, 1.165) is 9.87 Å². The largest absolute Gasteiger partial charge is 0.350 e. The first-order valence-corrected chi connectivity index (χ1v) is 13.1. The van der Waals surface area contributed by atoms with Crippen molar-refractivity contribution in [2.24, 2.45) is 0 Å². The molecule has 1 heterocycles. The third-order valence-electron chi connectivity index (χ3n) is 5.60. The summed E-state index contributed by atoms with van der Waals surface area (Å²) in [6.07, 6.45) is 0.0961. The standard InChI is InChI=1S/C25H30ClN3O5S/c1-17(23(31)27-25(2,3)4)28(16-18-11-13-19(26)14-12-18)22(30)10-7-15-29-24(32)20-8-5-6-9-21(20)35(29,33)34/h5-6,8-9,11-14,17H,7,10,15-16H2,1-4H3,(H,27,31)/t17-/m1/s1. The molecule has 2 aromatic rings. The zero-order chi connectivity index (χ0) is 26.0. The Morgan fingerprint density at radius 2 is 1.71 bits per heavy atom. The molecule has 0 aliphatic carbocycles. The first-order valence-electron chi connectivity index (χ1n) is 11.3. The molecule has 0 unspecified atom stereocenters. The molecule has 1 N–H and O–H groups in total. The van der Waals surface area contributed by atoms with Crippen molar-refractivity contribution in [2.75, 3.05) is 6.54 Å². The Hall–Kier alpha value is -2.91. The first-order chi connectivity index (χ1) is 16.3. The molecule has 188 valence electrons. The maximum absolute atomic E-state index is 13.2. The lowest BCUT2D eigenvalue weighted by Crippen LogP contribution is -2.52. The Labute approximate surface area is 211 Å². The molecule has 0 bridgehead atoms. The van der Waals surface area contributed by atoms with E-state index in [4.69, 9.17) is 11.6 Å². The van der Waals surface area contributed by atoms with E-state index in [1.54, 1.807) is 43.3 Å². The van der Waals surface area contributed by atoms with Crippen LogP contribution in [0.25, 0.3) is 0 Å². The third-order valence-corrected chi connectivity index (χ3v) is 7.69. The number of fused-ring (bicyclic) bond motifs is 1. The highest BCUT2D eigenvalue weighted by molar-refractivity contribution is 7.90. The number of amides is 3. The average Bonchev–Trinajstić information content (AvgIpc) is 2.97. The second kappa shape index (κ2) is 10.4. The minimum atomic E-state index is -3.93. The minimum Gasteiger partial charge on any atom is -0.350 e. The van der Waals surface area contributed by atoms with Crippen molar-refractivity contribution in [2.45, 2.75) is 63.6 Å². The number of hydrogen-bond acceptors (Lipinski definition) is 5. The van der Waals surface area contributed by atoms with Crippen LogP contribution in [0, 0.1) is 0 Å². The number of benzene rings is 2. The summed E-state index contributed by atoms with van der Waals surface area (Å²) in [5.74, 6) is -1.21. The highest BCUT2D eigenvalue weighted by atomic mass is 35.5. The van der Waals surface area contributed by atoms with Crippen LogP contribution in [0.3, 0.4) is 0 Å². The molecule has 0 radical (unpaired) electrons. The van der Waals surface area contributed by atoms with Crippen LogP contribution in [0.5, 0.6) is 0 Å². The summed E-state index contributed by atoms with van der Waals surface area (Å²) >= 11 is 5.97. The summed E-state index contributed by atoms with van der Waals surface area (Å²) in [5, 5.41) is 3.45. The minimum absolute atomic E-state index is 0.0202. The molecule has 0 fully saturated rings. The van der Waals surface area contributed by atoms with Gasteiger partial charge in [0.25, 0.3) is 15.9 Å². The molecule has 1 aliphatic heterocycles. The number of carbonyl (C=O) groups excluding carboxylic acids is 3. The summed E-state index contributed by atoms with van der Waals surface area (Å²) in [7, 11) is -3.93. The van der Waals surface area contributed by atoms with Crippen molar-refractivity contribution in [1.29, 1.82) is 0 Å². The first kappa shape index (κ1) is 26.7. The van der Waals surface area contributed by atoms with E-state index in [0.29, 0.717) is 5.02 Å². The van der Waals surface area contributed by atoms with Crippen molar-refractivity contribution in [1.82, 2.24) is 14.5 Å². The molecule has 35 heavy (non-hydrogen) atoms. The fourth-order valence-corrected chi connectivity index (χ4v) is 5.55. The molecule has 3 amide bonds.